The summed E-state index contributed by atoms with van der Waals surface area (Å²) in [5.41, 5.74) is 1.71. The molecule has 0 unspecified atom stereocenters. The van der Waals surface area contributed by atoms with Crippen LogP contribution in [0.4, 0.5) is 4.39 Å². The van der Waals surface area contributed by atoms with Crippen molar-refractivity contribution in [2.75, 3.05) is 0 Å². The Morgan fingerprint density at radius 3 is 2.69 bits per heavy atom. The van der Waals surface area contributed by atoms with Gasteiger partial charge in [-0.25, -0.2) is 4.39 Å². The molecular weight excluding hydrogens is 207 g/mol. The number of carboxylic acids is 1. The minimum atomic E-state index is -0.833. The Bertz CT molecular complexity index is 372. The van der Waals surface area contributed by atoms with E-state index in [0.717, 1.165) is 5.56 Å². The van der Waals surface area contributed by atoms with Crippen LogP contribution in [-0.4, -0.2) is 11.1 Å². The van der Waals surface area contributed by atoms with E-state index in [2.05, 4.69) is 0 Å². The maximum absolute atomic E-state index is 13.4. The topological polar surface area (TPSA) is 37.3 Å². The molecule has 0 heterocycles. The van der Waals surface area contributed by atoms with Crippen molar-refractivity contribution in [3.63, 3.8) is 0 Å². The number of aryl methyl sites for hydroxylation is 1. The van der Waals surface area contributed by atoms with Gasteiger partial charge in [-0.3, -0.25) is 4.79 Å². The summed E-state index contributed by atoms with van der Waals surface area (Å²) in [4.78, 5) is 10.4. The first-order valence-electron chi connectivity index (χ1n) is 5.51. The van der Waals surface area contributed by atoms with Gasteiger partial charge in [-0.1, -0.05) is 26.0 Å². The predicted octanol–water partition coefficient (Wildman–Crippen LogP) is 3.36. The van der Waals surface area contributed by atoms with Gasteiger partial charge in [0.15, 0.2) is 0 Å². The van der Waals surface area contributed by atoms with Crippen LogP contribution >= 0.6 is 0 Å². The van der Waals surface area contributed by atoms with Crippen LogP contribution in [0.5, 0.6) is 0 Å². The van der Waals surface area contributed by atoms with Crippen LogP contribution in [0.3, 0.4) is 0 Å². The predicted molar refractivity (Wildman–Crippen MR) is 61.1 cm³/mol. The fraction of sp³-hybridized carbons (Fsp3) is 0.462. The van der Waals surface area contributed by atoms with Crippen LogP contribution in [0, 0.1) is 5.82 Å². The summed E-state index contributed by atoms with van der Waals surface area (Å²) in [6.45, 7) is 4.10. The molecule has 1 N–H and O–H groups in total. The molecule has 1 rings (SSSR count). The standard InChI is InChI=1S/C13H17FO2/c1-9(2)10-6-7-12(14)11(8-10)4-3-5-13(15)16/h6-9H,3-5H2,1-2H3,(H,15,16). The van der Waals surface area contributed by atoms with Crippen molar-refractivity contribution in [2.24, 2.45) is 0 Å². The lowest BCUT2D eigenvalue weighted by atomic mass is 9.98. The third-order valence-corrected chi connectivity index (χ3v) is 2.57. The average molecular weight is 224 g/mol. The molecule has 3 heteroatoms. The lowest BCUT2D eigenvalue weighted by molar-refractivity contribution is -0.137. The van der Waals surface area contributed by atoms with Crippen LogP contribution in [0.2, 0.25) is 0 Å². The SMILES string of the molecule is CC(C)c1ccc(F)c(CCCC(=O)O)c1. The Balaban J connectivity index is 2.70. The molecule has 0 aromatic heterocycles. The molecule has 0 aliphatic rings. The summed E-state index contributed by atoms with van der Waals surface area (Å²) in [6, 6.07) is 5.08. The summed E-state index contributed by atoms with van der Waals surface area (Å²) in [5.74, 6) is -0.714. The van der Waals surface area contributed by atoms with Gasteiger partial charge in [-0.2, -0.15) is 0 Å². The Labute approximate surface area is 95.1 Å². The fourth-order valence-electron chi connectivity index (χ4n) is 1.58. The lowest BCUT2D eigenvalue weighted by Crippen LogP contribution is -1.99. The van der Waals surface area contributed by atoms with Crippen LogP contribution in [0.15, 0.2) is 18.2 Å². The van der Waals surface area contributed by atoms with Gasteiger partial charge in [0, 0.05) is 6.42 Å². The molecule has 2 nitrogen and oxygen atoms in total. The van der Waals surface area contributed by atoms with Crippen molar-refractivity contribution in [3.05, 3.63) is 35.1 Å². The van der Waals surface area contributed by atoms with Gasteiger partial charge in [0.05, 0.1) is 0 Å². The number of halogens is 1. The molecule has 0 radical (unpaired) electrons. The molecule has 1 aromatic carbocycles. The minimum absolute atomic E-state index is 0.0886. The Morgan fingerprint density at radius 2 is 2.12 bits per heavy atom. The number of benzene rings is 1. The lowest BCUT2D eigenvalue weighted by Gasteiger charge is -2.09. The maximum Gasteiger partial charge on any atom is 0.303 e. The van der Waals surface area contributed by atoms with Crippen molar-refractivity contribution in [1.29, 1.82) is 0 Å². The average Bonchev–Trinajstić information content (AvgIpc) is 2.20. The van der Waals surface area contributed by atoms with Gasteiger partial charge in [0.1, 0.15) is 5.82 Å². The van der Waals surface area contributed by atoms with Crippen molar-refractivity contribution in [2.45, 2.75) is 39.0 Å². The highest BCUT2D eigenvalue weighted by atomic mass is 19.1. The van der Waals surface area contributed by atoms with Crippen LogP contribution in [-0.2, 0) is 11.2 Å². The minimum Gasteiger partial charge on any atom is -0.481 e. The summed E-state index contributed by atoms with van der Waals surface area (Å²) in [5, 5.41) is 8.51. The third kappa shape index (κ3) is 3.65. The van der Waals surface area contributed by atoms with Crippen molar-refractivity contribution in [1.82, 2.24) is 0 Å². The highest BCUT2D eigenvalue weighted by Crippen LogP contribution is 2.19. The van der Waals surface area contributed by atoms with Crippen molar-refractivity contribution < 1.29 is 14.3 Å². The number of carbonyl (C=O) groups is 1. The van der Waals surface area contributed by atoms with E-state index < -0.39 is 5.97 Å². The quantitative estimate of drug-likeness (QED) is 0.832. The zero-order valence-electron chi connectivity index (χ0n) is 9.66. The number of hydrogen-bond donors (Lipinski definition) is 1. The van der Waals surface area contributed by atoms with Gasteiger partial charge >= 0.3 is 5.97 Å². The molecule has 0 atom stereocenters. The normalized spacial score (nSPS) is 10.8. The molecule has 0 saturated carbocycles. The second kappa shape index (κ2) is 5.64. The monoisotopic (exact) mass is 224 g/mol. The third-order valence-electron chi connectivity index (χ3n) is 2.57. The fourth-order valence-corrected chi connectivity index (χ4v) is 1.58. The van der Waals surface area contributed by atoms with E-state index in [4.69, 9.17) is 5.11 Å². The number of hydrogen-bond acceptors (Lipinski definition) is 1. The number of rotatable bonds is 5. The molecule has 0 amide bonds. The van der Waals surface area contributed by atoms with Gasteiger partial charge in [0.2, 0.25) is 0 Å². The molecule has 16 heavy (non-hydrogen) atoms. The molecule has 0 spiro atoms. The zero-order chi connectivity index (χ0) is 12.1. The van der Waals surface area contributed by atoms with Crippen molar-refractivity contribution in [3.8, 4) is 0 Å². The highest BCUT2D eigenvalue weighted by molar-refractivity contribution is 5.66. The Hall–Kier alpha value is -1.38. The van der Waals surface area contributed by atoms with E-state index in [9.17, 15) is 9.18 Å². The molecule has 1 aromatic rings. The molecule has 0 fully saturated rings. The smallest absolute Gasteiger partial charge is 0.303 e. The van der Waals surface area contributed by atoms with Crippen LogP contribution in [0.25, 0.3) is 0 Å². The first-order chi connectivity index (χ1) is 7.50. The van der Waals surface area contributed by atoms with Crippen molar-refractivity contribution >= 4 is 5.97 Å². The van der Waals surface area contributed by atoms with E-state index in [1.54, 1.807) is 6.07 Å². The highest BCUT2D eigenvalue weighted by Gasteiger charge is 2.07. The summed E-state index contributed by atoms with van der Waals surface area (Å²) in [6.07, 6.45) is 1.05. The van der Waals surface area contributed by atoms with Gasteiger partial charge in [0.25, 0.3) is 0 Å². The largest absolute Gasteiger partial charge is 0.481 e. The summed E-state index contributed by atoms with van der Waals surface area (Å²) < 4.78 is 13.4. The van der Waals surface area contributed by atoms with Gasteiger partial charge in [-0.15, -0.1) is 0 Å². The first kappa shape index (κ1) is 12.7. The van der Waals surface area contributed by atoms with E-state index in [0.29, 0.717) is 24.3 Å². The van der Waals surface area contributed by atoms with E-state index in [1.807, 2.05) is 19.9 Å². The summed E-state index contributed by atoms with van der Waals surface area (Å²) in [7, 11) is 0. The Kier molecular flexibility index (Phi) is 4.47. The van der Waals surface area contributed by atoms with E-state index >= 15 is 0 Å². The van der Waals surface area contributed by atoms with Crippen LogP contribution in [0.1, 0.15) is 43.7 Å². The molecule has 0 aliphatic carbocycles. The molecular formula is C13H17FO2. The van der Waals surface area contributed by atoms with E-state index in [1.165, 1.54) is 6.07 Å². The number of carboxylic acid groups (broad SMARTS) is 1. The Morgan fingerprint density at radius 1 is 1.44 bits per heavy atom. The van der Waals surface area contributed by atoms with Gasteiger partial charge in [-0.05, 0) is 36.0 Å². The molecule has 88 valence electrons. The maximum atomic E-state index is 13.4. The van der Waals surface area contributed by atoms with Gasteiger partial charge < -0.3 is 5.11 Å². The zero-order valence-corrected chi connectivity index (χ0v) is 9.66. The molecule has 0 bridgehead atoms. The molecule has 0 aliphatic heterocycles. The summed E-state index contributed by atoms with van der Waals surface area (Å²) >= 11 is 0. The molecule has 0 saturated heterocycles. The first-order valence-corrected chi connectivity index (χ1v) is 5.51. The second-order valence-electron chi connectivity index (χ2n) is 4.25. The van der Waals surface area contributed by atoms with Crippen LogP contribution < -0.4 is 0 Å². The van der Waals surface area contributed by atoms with E-state index in [-0.39, 0.29) is 12.2 Å². The second-order valence-corrected chi connectivity index (χ2v) is 4.25. The number of aliphatic carboxylic acids is 1.